The molecule has 0 bridgehead atoms. The van der Waals surface area contributed by atoms with Crippen molar-refractivity contribution in [2.24, 2.45) is 11.1 Å². The van der Waals surface area contributed by atoms with Crippen LogP contribution >= 0.6 is 0 Å². The third-order valence-corrected chi connectivity index (χ3v) is 3.04. The zero-order valence-corrected chi connectivity index (χ0v) is 11.7. The molecule has 0 aliphatic heterocycles. The fraction of sp³-hybridized carbons (Fsp3) is 0.500. The van der Waals surface area contributed by atoms with E-state index in [0.29, 0.717) is 24.5 Å². The first-order valence-electron chi connectivity index (χ1n) is 6.26. The summed E-state index contributed by atoms with van der Waals surface area (Å²) in [5.74, 6) is 0.372. The van der Waals surface area contributed by atoms with Crippen LogP contribution < -0.4 is 16.2 Å². The first kappa shape index (κ1) is 15.3. The number of methoxy groups -OCH3 is 1. The van der Waals surface area contributed by atoms with Gasteiger partial charge in [0.15, 0.2) is 0 Å². The number of hydrogen-bond acceptors (Lipinski definition) is 5. The lowest BCUT2D eigenvalue weighted by atomic mass is 9.83. The van der Waals surface area contributed by atoms with Gasteiger partial charge < -0.3 is 20.9 Å². The lowest BCUT2D eigenvalue weighted by molar-refractivity contribution is -0.153. The zero-order chi connectivity index (χ0) is 14.5. The van der Waals surface area contributed by atoms with Crippen LogP contribution in [0.2, 0.25) is 0 Å². The number of benzene rings is 1. The first-order chi connectivity index (χ1) is 8.95. The molecule has 0 amide bonds. The molecule has 0 aromatic heterocycles. The van der Waals surface area contributed by atoms with Crippen molar-refractivity contribution >= 4 is 11.7 Å². The van der Waals surface area contributed by atoms with Gasteiger partial charge in [-0.25, -0.2) is 0 Å². The molecule has 0 heterocycles. The van der Waals surface area contributed by atoms with Crippen molar-refractivity contribution in [3.05, 3.63) is 23.8 Å². The molecule has 0 aliphatic rings. The fourth-order valence-electron chi connectivity index (χ4n) is 1.89. The molecule has 106 valence electrons. The summed E-state index contributed by atoms with van der Waals surface area (Å²) in [7, 11) is 1.58. The summed E-state index contributed by atoms with van der Waals surface area (Å²) < 4.78 is 10.2. The summed E-state index contributed by atoms with van der Waals surface area (Å²) in [5, 5.41) is 0. The summed E-state index contributed by atoms with van der Waals surface area (Å²) in [6.45, 7) is 4.12. The Morgan fingerprint density at radius 1 is 1.37 bits per heavy atom. The molecule has 0 fully saturated rings. The van der Waals surface area contributed by atoms with Gasteiger partial charge in [0.1, 0.15) is 5.75 Å². The maximum Gasteiger partial charge on any atom is 0.313 e. The molecule has 0 saturated heterocycles. The Labute approximate surface area is 113 Å². The Balaban J connectivity index is 2.97. The lowest BCUT2D eigenvalue weighted by Gasteiger charge is -2.25. The van der Waals surface area contributed by atoms with Gasteiger partial charge in [0.05, 0.1) is 19.1 Å². The summed E-state index contributed by atoms with van der Waals surface area (Å²) in [4.78, 5) is 12.0. The molecule has 1 aromatic carbocycles. The number of rotatable bonds is 6. The molecule has 0 spiro atoms. The van der Waals surface area contributed by atoms with Crippen LogP contribution in [0.5, 0.6) is 5.75 Å². The zero-order valence-electron chi connectivity index (χ0n) is 11.7. The first-order valence-corrected chi connectivity index (χ1v) is 6.26. The van der Waals surface area contributed by atoms with Crippen molar-refractivity contribution in [3.63, 3.8) is 0 Å². The second-order valence-corrected chi connectivity index (χ2v) is 4.78. The predicted octanol–water partition coefficient (Wildman–Crippen LogP) is 1.35. The maximum atomic E-state index is 12.0. The highest BCUT2D eigenvalue weighted by atomic mass is 16.5. The largest absolute Gasteiger partial charge is 0.497 e. The predicted molar refractivity (Wildman–Crippen MR) is 74.9 cm³/mol. The highest BCUT2D eigenvalue weighted by Gasteiger charge is 2.33. The van der Waals surface area contributed by atoms with E-state index in [1.807, 2.05) is 12.1 Å². The second kappa shape index (κ2) is 6.43. The SMILES string of the molecule is CCOC(=O)C(C)(CN)Cc1cc(N)cc(OC)c1. The number of ether oxygens (including phenoxy) is 2. The van der Waals surface area contributed by atoms with Crippen molar-refractivity contribution in [2.75, 3.05) is 26.0 Å². The normalized spacial score (nSPS) is 13.7. The molecule has 0 radical (unpaired) electrons. The number of anilines is 1. The fourth-order valence-corrected chi connectivity index (χ4v) is 1.89. The number of nitrogen functional groups attached to an aromatic ring is 1. The van der Waals surface area contributed by atoms with E-state index in [1.165, 1.54) is 0 Å². The van der Waals surface area contributed by atoms with E-state index in [1.54, 1.807) is 27.0 Å². The minimum atomic E-state index is -0.755. The molecule has 5 heteroatoms. The van der Waals surface area contributed by atoms with E-state index in [-0.39, 0.29) is 12.5 Å². The minimum Gasteiger partial charge on any atom is -0.497 e. The standard InChI is InChI=1S/C14H22N2O3/c1-4-19-13(17)14(2,9-15)8-10-5-11(16)7-12(6-10)18-3/h5-7H,4,8-9,15-16H2,1-3H3. The number of carbonyl (C=O) groups excluding carboxylic acids is 1. The molecule has 1 rings (SSSR count). The highest BCUT2D eigenvalue weighted by molar-refractivity contribution is 5.77. The molecule has 0 aliphatic carbocycles. The van der Waals surface area contributed by atoms with Crippen LogP contribution in [0.25, 0.3) is 0 Å². The van der Waals surface area contributed by atoms with E-state index in [4.69, 9.17) is 20.9 Å². The molecule has 1 aromatic rings. The Hall–Kier alpha value is -1.75. The van der Waals surface area contributed by atoms with Gasteiger partial charge in [0.25, 0.3) is 0 Å². The van der Waals surface area contributed by atoms with Crippen LogP contribution in [0.4, 0.5) is 5.69 Å². The van der Waals surface area contributed by atoms with Crippen LogP contribution in [0.15, 0.2) is 18.2 Å². The monoisotopic (exact) mass is 266 g/mol. The Kier molecular flexibility index (Phi) is 5.18. The highest BCUT2D eigenvalue weighted by Crippen LogP contribution is 2.27. The average molecular weight is 266 g/mol. The third kappa shape index (κ3) is 3.86. The molecule has 5 nitrogen and oxygen atoms in total. The van der Waals surface area contributed by atoms with Gasteiger partial charge in [0.2, 0.25) is 0 Å². The van der Waals surface area contributed by atoms with Crippen molar-refractivity contribution < 1.29 is 14.3 Å². The van der Waals surface area contributed by atoms with E-state index >= 15 is 0 Å². The van der Waals surface area contributed by atoms with Gasteiger partial charge in [-0.2, -0.15) is 0 Å². The topological polar surface area (TPSA) is 87.6 Å². The number of esters is 1. The minimum absolute atomic E-state index is 0.211. The summed E-state index contributed by atoms with van der Waals surface area (Å²) >= 11 is 0. The van der Waals surface area contributed by atoms with Crippen molar-refractivity contribution in [1.82, 2.24) is 0 Å². The molecule has 4 N–H and O–H groups in total. The number of hydrogen-bond donors (Lipinski definition) is 2. The van der Waals surface area contributed by atoms with Crippen LogP contribution in [-0.4, -0.2) is 26.2 Å². The molecule has 1 unspecified atom stereocenters. The van der Waals surface area contributed by atoms with Crippen LogP contribution in [0.3, 0.4) is 0 Å². The van der Waals surface area contributed by atoms with Crippen LogP contribution in [0, 0.1) is 5.41 Å². The maximum absolute atomic E-state index is 12.0. The summed E-state index contributed by atoms with van der Waals surface area (Å²) in [6.07, 6.45) is 0.462. The Morgan fingerprint density at radius 3 is 2.58 bits per heavy atom. The van der Waals surface area contributed by atoms with E-state index in [2.05, 4.69) is 0 Å². The summed E-state index contributed by atoms with van der Waals surface area (Å²) in [5.41, 5.74) is 12.3. The smallest absolute Gasteiger partial charge is 0.313 e. The van der Waals surface area contributed by atoms with Gasteiger partial charge in [-0.05, 0) is 38.0 Å². The third-order valence-electron chi connectivity index (χ3n) is 3.04. The molecule has 0 saturated carbocycles. The van der Waals surface area contributed by atoms with Gasteiger partial charge >= 0.3 is 5.97 Å². The second-order valence-electron chi connectivity index (χ2n) is 4.78. The van der Waals surface area contributed by atoms with Gasteiger partial charge in [-0.15, -0.1) is 0 Å². The number of carbonyl (C=O) groups is 1. The van der Waals surface area contributed by atoms with Gasteiger partial charge in [-0.3, -0.25) is 4.79 Å². The quantitative estimate of drug-likeness (QED) is 0.599. The van der Waals surface area contributed by atoms with E-state index < -0.39 is 5.41 Å². The average Bonchev–Trinajstić information content (AvgIpc) is 2.38. The van der Waals surface area contributed by atoms with E-state index in [9.17, 15) is 4.79 Å². The van der Waals surface area contributed by atoms with Gasteiger partial charge in [0, 0.05) is 18.3 Å². The van der Waals surface area contributed by atoms with Crippen molar-refractivity contribution in [3.8, 4) is 5.75 Å². The number of nitrogens with two attached hydrogens (primary N) is 2. The summed E-state index contributed by atoms with van der Waals surface area (Å²) in [6, 6.07) is 5.40. The van der Waals surface area contributed by atoms with Crippen LogP contribution in [-0.2, 0) is 16.0 Å². The van der Waals surface area contributed by atoms with Gasteiger partial charge in [-0.1, -0.05) is 0 Å². The lowest BCUT2D eigenvalue weighted by Crippen LogP contribution is -2.39. The van der Waals surface area contributed by atoms with Crippen LogP contribution in [0.1, 0.15) is 19.4 Å². The molecule has 1 atom stereocenters. The van der Waals surface area contributed by atoms with Crippen molar-refractivity contribution in [1.29, 1.82) is 0 Å². The Morgan fingerprint density at radius 2 is 2.05 bits per heavy atom. The van der Waals surface area contributed by atoms with E-state index in [0.717, 1.165) is 5.56 Å². The molecular formula is C14H22N2O3. The Bertz CT molecular complexity index is 448. The van der Waals surface area contributed by atoms with Crippen molar-refractivity contribution in [2.45, 2.75) is 20.3 Å². The molecular weight excluding hydrogens is 244 g/mol. The molecule has 19 heavy (non-hydrogen) atoms.